The monoisotopic (exact) mass is 280 g/mol. The predicted molar refractivity (Wildman–Crippen MR) is 85.1 cm³/mol. The Morgan fingerprint density at radius 2 is 1.95 bits per heavy atom. The Labute approximate surface area is 122 Å². The molecule has 0 N–H and O–H groups in total. The molecular formula is C16H28N2S. The fourth-order valence-electron chi connectivity index (χ4n) is 3.17. The lowest BCUT2D eigenvalue weighted by Crippen LogP contribution is -2.43. The minimum atomic E-state index is 0.641. The molecule has 3 heteroatoms. The maximum absolute atomic E-state index is 2.71. The number of hydrogen-bond acceptors (Lipinski definition) is 3. The highest BCUT2D eigenvalue weighted by molar-refractivity contribution is 7.10. The zero-order valence-electron chi connectivity index (χ0n) is 13.1. The van der Waals surface area contributed by atoms with Crippen molar-refractivity contribution in [2.24, 2.45) is 0 Å². The Hall–Kier alpha value is -0.380. The summed E-state index contributed by atoms with van der Waals surface area (Å²) < 4.78 is 0. The molecule has 1 aliphatic heterocycles. The molecule has 0 aromatic carbocycles. The molecule has 108 valence electrons. The number of thiophene rings is 1. The minimum absolute atomic E-state index is 0.641. The van der Waals surface area contributed by atoms with E-state index in [9.17, 15) is 0 Å². The Morgan fingerprint density at radius 3 is 2.37 bits per heavy atom. The van der Waals surface area contributed by atoms with Crippen LogP contribution in [0.15, 0.2) is 5.38 Å². The average molecular weight is 280 g/mol. The Kier molecular flexibility index (Phi) is 5.04. The number of aryl methyl sites for hydroxylation is 1. The molecule has 0 amide bonds. The zero-order valence-corrected chi connectivity index (χ0v) is 13.9. The number of rotatable bonds is 4. The molecule has 1 atom stereocenters. The van der Waals surface area contributed by atoms with Gasteiger partial charge in [-0.15, -0.1) is 11.3 Å². The van der Waals surface area contributed by atoms with Crippen molar-refractivity contribution in [2.75, 3.05) is 27.2 Å². The smallest absolute Gasteiger partial charge is 0.0441 e. The molecule has 1 unspecified atom stereocenters. The first-order chi connectivity index (χ1) is 9.04. The van der Waals surface area contributed by atoms with E-state index in [0.717, 1.165) is 6.04 Å². The Balaban J connectivity index is 2.06. The van der Waals surface area contributed by atoms with Gasteiger partial charge in [-0.1, -0.05) is 6.92 Å². The fraction of sp³-hybridized carbons (Fsp3) is 0.750. The topological polar surface area (TPSA) is 6.48 Å². The Morgan fingerprint density at radius 1 is 1.32 bits per heavy atom. The summed E-state index contributed by atoms with van der Waals surface area (Å²) in [6, 6.07) is 1.42. The summed E-state index contributed by atoms with van der Waals surface area (Å²) >= 11 is 1.96. The van der Waals surface area contributed by atoms with Gasteiger partial charge < -0.3 is 4.90 Å². The third-order valence-corrected chi connectivity index (χ3v) is 5.99. The molecule has 2 nitrogen and oxygen atoms in total. The quantitative estimate of drug-likeness (QED) is 0.827. The summed E-state index contributed by atoms with van der Waals surface area (Å²) in [7, 11) is 4.43. The van der Waals surface area contributed by atoms with Crippen molar-refractivity contribution in [3.05, 3.63) is 21.4 Å². The van der Waals surface area contributed by atoms with Crippen molar-refractivity contribution in [1.82, 2.24) is 9.80 Å². The molecule has 0 saturated carbocycles. The largest absolute Gasteiger partial charge is 0.306 e. The molecule has 1 aromatic rings. The van der Waals surface area contributed by atoms with Crippen molar-refractivity contribution in [2.45, 2.75) is 52.1 Å². The van der Waals surface area contributed by atoms with Crippen LogP contribution >= 0.6 is 11.3 Å². The summed E-state index contributed by atoms with van der Waals surface area (Å²) in [5.41, 5.74) is 2.98. The van der Waals surface area contributed by atoms with Crippen LogP contribution in [0.5, 0.6) is 0 Å². The highest BCUT2D eigenvalue weighted by Crippen LogP contribution is 2.35. The van der Waals surface area contributed by atoms with E-state index in [-0.39, 0.29) is 0 Å². The van der Waals surface area contributed by atoms with Crippen LogP contribution in [0.25, 0.3) is 0 Å². The van der Waals surface area contributed by atoms with Gasteiger partial charge in [0, 0.05) is 30.1 Å². The van der Waals surface area contributed by atoms with E-state index < -0.39 is 0 Å². The van der Waals surface area contributed by atoms with Crippen molar-refractivity contribution >= 4 is 11.3 Å². The second-order valence-electron chi connectivity index (χ2n) is 6.06. The van der Waals surface area contributed by atoms with Crippen LogP contribution in [0, 0.1) is 13.8 Å². The van der Waals surface area contributed by atoms with Crippen molar-refractivity contribution in [1.29, 1.82) is 0 Å². The van der Waals surface area contributed by atoms with Gasteiger partial charge in [0.15, 0.2) is 0 Å². The van der Waals surface area contributed by atoms with E-state index >= 15 is 0 Å². The first-order valence-electron chi connectivity index (χ1n) is 7.49. The first kappa shape index (κ1) is 15.0. The number of hydrogen-bond donors (Lipinski definition) is 0. The maximum Gasteiger partial charge on any atom is 0.0441 e. The van der Waals surface area contributed by atoms with E-state index in [1.165, 1.54) is 43.5 Å². The van der Waals surface area contributed by atoms with Crippen molar-refractivity contribution in [3.8, 4) is 0 Å². The van der Waals surface area contributed by atoms with E-state index in [0.29, 0.717) is 6.04 Å². The molecular weight excluding hydrogens is 252 g/mol. The van der Waals surface area contributed by atoms with Gasteiger partial charge in [0.05, 0.1) is 0 Å². The lowest BCUT2D eigenvalue weighted by atomic mass is 9.99. The van der Waals surface area contributed by atoms with E-state index in [2.05, 4.69) is 50.0 Å². The Bertz CT molecular complexity index is 403. The lowest BCUT2D eigenvalue weighted by molar-refractivity contribution is 0.107. The van der Waals surface area contributed by atoms with E-state index in [1.807, 2.05) is 11.3 Å². The van der Waals surface area contributed by atoms with Crippen LogP contribution in [0.2, 0.25) is 0 Å². The van der Waals surface area contributed by atoms with Gasteiger partial charge in [-0.05, 0) is 63.7 Å². The van der Waals surface area contributed by atoms with Crippen LogP contribution in [0.3, 0.4) is 0 Å². The third kappa shape index (κ3) is 3.21. The van der Waals surface area contributed by atoms with Gasteiger partial charge in [0.25, 0.3) is 0 Å². The molecule has 2 heterocycles. The SMILES string of the molecule is CCC(c1scc(C)c1C)N1CCC(N(C)C)CC1. The molecule has 2 rings (SSSR count). The molecule has 1 saturated heterocycles. The van der Waals surface area contributed by atoms with Gasteiger partial charge in [0.1, 0.15) is 0 Å². The lowest BCUT2D eigenvalue weighted by Gasteiger charge is -2.39. The van der Waals surface area contributed by atoms with Crippen LogP contribution in [-0.2, 0) is 0 Å². The number of likely N-dealkylation sites (tertiary alicyclic amines) is 1. The molecule has 0 radical (unpaired) electrons. The van der Waals surface area contributed by atoms with Gasteiger partial charge in [-0.25, -0.2) is 0 Å². The summed E-state index contributed by atoms with van der Waals surface area (Å²) in [6.45, 7) is 9.35. The molecule has 19 heavy (non-hydrogen) atoms. The molecule has 1 aromatic heterocycles. The van der Waals surface area contributed by atoms with Crippen molar-refractivity contribution < 1.29 is 0 Å². The average Bonchev–Trinajstić information content (AvgIpc) is 2.73. The highest BCUT2D eigenvalue weighted by atomic mass is 32.1. The van der Waals surface area contributed by atoms with Crippen LogP contribution < -0.4 is 0 Å². The standard InChI is InChI=1S/C16H28N2S/c1-6-15(16-13(3)12(2)11-19-16)18-9-7-14(8-10-18)17(4)5/h11,14-15H,6-10H2,1-5H3. The summed E-state index contributed by atoms with van der Waals surface area (Å²) in [6.07, 6.45) is 3.85. The van der Waals surface area contributed by atoms with Crippen LogP contribution in [0.4, 0.5) is 0 Å². The summed E-state index contributed by atoms with van der Waals surface area (Å²) in [4.78, 5) is 6.69. The number of nitrogens with zero attached hydrogens (tertiary/aromatic N) is 2. The zero-order chi connectivity index (χ0) is 14.0. The summed E-state index contributed by atoms with van der Waals surface area (Å²) in [5, 5.41) is 2.32. The first-order valence-corrected chi connectivity index (χ1v) is 8.37. The highest BCUT2D eigenvalue weighted by Gasteiger charge is 2.27. The second-order valence-corrected chi connectivity index (χ2v) is 6.97. The molecule has 0 aliphatic carbocycles. The fourth-order valence-corrected chi connectivity index (χ4v) is 4.47. The molecule has 0 bridgehead atoms. The van der Waals surface area contributed by atoms with Gasteiger partial charge in [-0.2, -0.15) is 0 Å². The van der Waals surface area contributed by atoms with Crippen LogP contribution in [0.1, 0.15) is 48.2 Å². The van der Waals surface area contributed by atoms with E-state index in [1.54, 1.807) is 4.88 Å². The summed E-state index contributed by atoms with van der Waals surface area (Å²) in [5.74, 6) is 0. The maximum atomic E-state index is 2.71. The van der Waals surface area contributed by atoms with E-state index in [4.69, 9.17) is 0 Å². The predicted octanol–water partition coefficient (Wildman–Crippen LogP) is 3.84. The molecule has 1 fully saturated rings. The van der Waals surface area contributed by atoms with Crippen molar-refractivity contribution in [3.63, 3.8) is 0 Å². The van der Waals surface area contributed by atoms with Gasteiger partial charge in [0.2, 0.25) is 0 Å². The third-order valence-electron chi connectivity index (χ3n) is 4.68. The van der Waals surface area contributed by atoms with Gasteiger partial charge >= 0.3 is 0 Å². The van der Waals surface area contributed by atoms with Gasteiger partial charge in [-0.3, -0.25) is 4.90 Å². The molecule has 0 spiro atoms. The molecule has 1 aliphatic rings. The minimum Gasteiger partial charge on any atom is -0.306 e. The second kappa shape index (κ2) is 6.38. The normalized spacial score (nSPS) is 20.1. The number of piperidine rings is 1. The van der Waals surface area contributed by atoms with Crippen LogP contribution in [-0.4, -0.2) is 43.0 Å².